The second kappa shape index (κ2) is 7.12. The third kappa shape index (κ3) is 3.61. The van der Waals surface area contributed by atoms with Gasteiger partial charge in [-0.25, -0.2) is 9.47 Å². The Balaban J connectivity index is 1.92. The van der Waals surface area contributed by atoms with Gasteiger partial charge >= 0.3 is 0 Å². The second-order valence-electron chi connectivity index (χ2n) is 5.79. The molecule has 2 rings (SSSR count). The highest BCUT2D eigenvalue weighted by molar-refractivity contribution is 7.77. The number of hydroxylamine groups is 1. The van der Waals surface area contributed by atoms with Gasteiger partial charge in [-0.15, -0.1) is 4.33 Å². The minimum Gasteiger partial charge on any atom is -0.338 e. The number of carbonyl (C=O) groups excluding carboxylic acids is 1. The van der Waals surface area contributed by atoms with E-state index in [1.165, 1.54) is 0 Å². The maximum atomic E-state index is 12.3. The molecule has 2 heterocycles. The predicted molar refractivity (Wildman–Crippen MR) is 75.3 cm³/mol. The summed E-state index contributed by atoms with van der Waals surface area (Å²) in [6, 6.07) is -0.250. The zero-order chi connectivity index (χ0) is 15.6. The Morgan fingerprint density at radius 3 is 2.43 bits per heavy atom. The smallest absolute Gasteiger partial charge is 0.290 e. The van der Waals surface area contributed by atoms with Gasteiger partial charge in [0.25, 0.3) is 11.3 Å². The Hall–Kier alpha value is -0.580. The largest absolute Gasteiger partial charge is 0.338 e. The van der Waals surface area contributed by atoms with Crippen LogP contribution in [0.1, 0.15) is 33.1 Å². The number of piperidine rings is 1. The molecule has 0 aromatic rings. The van der Waals surface area contributed by atoms with Crippen molar-refractivity contribution in [1.29, 1.82) is 0 Å². The molecule has 0 aromatic carbocycles. The molecule has 122 valence electrons. The average Bonchev–Trinajstić information content (AvgIpc) is 2.87. The molecule has 0 spiro atoms. The summed E-state index contributed by atoms with van der Waals surface area (Å²) in [7, 11) is 0. The van der Waals surface area contributed by atoms with Crippen LogP contribution in [0.3, 0.4) is 0 Å². The van der Waals surface area contributed by atoms with Crippen molar-refractivity contribution in [3.8, 4) is 0 Å². The van der Waals surface area contributed by atoms with Gasteiger partial charge in [-0.05, 0) is 33.1 Å². The lowest BCUT2D eigenvalue weighted by atomic mass is 10.0. The van der Waals surface area contributed by atoms with Crippen molar-refractivity contribution in [2.75, 3.05) is 19.6 Å². The number of hydrogen-bond donors (Lipinski definition) is 2. The molecule has 1 amide bonds. The fourth-order valence-corrected chi connectivity index (χ4v) is 3.58. The molecule has 2 atom stereocenters. The van der Waals surface area contributed by atoms with Crippen molar-refractivity contribution >= 4 is 17.2 Å². The van der Waals surface area contributed by atoms with Gasteiger partial charge in [0.15, 0.2) is 0 Å². The van der Waals surface area contributed by atoms with Crippen molar-refractivity contribution in [2.45, 2.75) is 51.2 Å². The van der Waals surface area contributed by atoms with E-state index >= 15 is 0 Å². The number of rotatable bonds is 5. The summed E-state index contributed by atoms with van der Waals surface area (Å²) < 4.78 is 15.0. The molecule has 2 N–H and O–H groups in total. The SMILES string of the molecule is CC(C)N1CCC(N2CCC(N(O)S(=O)OO)C2=O)CC1. The van der Waals surface area contributed by atoms with Crippen LogP contribution in [0.4, 0.5) is 0 Å². The maximum Gasteiger partial charge on any atom is 0.290 e. The third-order valence-electron chi connectivity index (χ3n) is 4.36. The van der Waals surface area contributed by atoms with Crippen molar-refractivity contribution in [3.05, 3.63) is 0 Å². The second-order valence-corrected chi connectivity index (χ2v) is 6.75. The van der Waals surface area contributed by atoms with Gasteiger partial charge in [-0.1, -0.05) is 4.47 Å². The average molecular weight is 321 g/mol. The molecule has 2 saturated heterocycles. The Labute approximate surface area is 126 Å². The monoisotopic (exact) mass is 321 g/mol. The van der Waals surface area contributed by atoms with E-state index < -0.39 is 17.3 Å². The van der Waals surface area contributed by atoms with E-state index in [0.717, 1.165) is 25.9 Å². The first-order valence-electron chi connectivity index (χ1n) is 7.22. The maximum absolute atomic E-state index is 12.3. The van der Waals surface area contributed by atoms with Crippen LogP contribution in [0.2, 0.25) is 0 Å². The van der Waals surface area contributed by atoms with E-state index in [1.54, 1.807) is 4.90 Å². The molecule has 0 saturated carbocycles. The van der Waals surface area contributed by atoms with Crippen molar-refractivity contribution < 1.29 is 23.8 Å². The number of nitrogens with zero attached hydrogens (tertiary/aromatic N) is 3. The highest BCUT2D eigenvalue weighted by Crippen LogP contribution is 2.25. The Kier molecular flexibility index (Phi) is 5.69. The van der Waals surface area contributed by atoms with Gasteiger partial charge < -0.3 is 9.80 Å². The molecule has 0 aliphatic carbocycles. The first kappa shape index (κ1) is 16.8. The molecule has 0 aromatic heterocycles. The fraction of sp³-hybridized carbons (Fsp3) is 0.917. The Morgan fingerprint density at radius 2 is 1.90 bits per heavy atom. The molecule has 2 fully saturated rings. The summed E-state index contributed by atoms with van der Waals surface area (Å²) in [4.78, 5) is 16.4. The lowest BCUT2D eigenvalue weighted by Crippen LogP contribution is -2.49. The van der Waals surface area contributed by atoms with Crippen molar-refractivity contribution in [3.63, 3.8) is 0 Å². The Morgan fingerprint density at radius 1 is 1.29 bits per heavy atom. The number of likely N-dealkylation sites (tertiary alicyclic amines) is 2. The lowest BCUT2D eigenvalue weighted by molar-refractivity contribution is -0.157. The van der Waals surface area contributed by atoms with E-state index in [1.807, 2.05) is 0 Å². The summed E-state index contributed by atoms with van der Waals surface area (Å²) in [5.74, 6) is -0.258. The van der Waals surface area contributed by atoms with Crippen LogP contribution < -0.4 is 0 Å². The molecule has 21 heavy (non-hydrogen) atoms. The van der Waals surface area contributed by atoms with E-state index in [2.05, 4.69) is 23.1 Å². The van der Waals surface area contributed by atoms with Gasteiger partial charge in [-0.2, -0.15) is 0 Å². The standard InChI is InChI=1S/C12H23N3O5S/c1-9(2)13-6-3-10(4-7-13)14-8-5-11(12(14)16)15(17)21(19)20-18/h9-11,17-18H,3-8H2,1-2H3. The van der Waals surface area contributed by atoms with Crippen LogP contribution >= 0.6 is 0 Å². The molecule has 2 unspecified atom stereocenters. The minimum atomic E-state index is -2.43. The summed E-state index contributed by atoms with van der Waals surface area (Å²) in [6.07, 6.45) is 2.18. The number of carbonyl (C=O) groups is 1. The summed E-state index contributed by atoms with van der Waals surface area (Å²) in [6.45, 7) is 6.74. The van der Waals surface area contributed by atoms with Crippen LogP contribution in [0.25, 0.3) is 0 Å². The van der Waals surface area contributed by atoms with Crippen LogP contribution in [-0.2, 0) is 20.4 Å². The van der Waals surface area contributed by atoms with Crippen LogP contribution in [0.15, 0.2) is 0 Å². The molecule has 2 aliphatic rings. The van der Waals surface area contributed by atoms with Gasteiger partial charge in [0, 0.05) is 31.7 Å². The summed E-state index contributed by atoms with van der Waals surface area (Å²) in [5.41, 5.74) is 0. The quantitative estimate of drug-likeness (QED) is 0.556. The number of hydrogen-bond acceptors (Lipinski definition) is 6. The van der Waals surface area contributed by atoms with E-state index in [-0.39, 0.29) is 16.4 Å². The summed E-state index contributed by atoms with van der Waals surface area (Å²) in [5, 5.41) is 17.9. The third-order valence-corrected chi connectivity index (χ3v) is 5.05. The fourth-order valence-electron chi connectivity index (χ4n) is 3.11. The molecular formula is C12H23N3O5S. The van der Waals surface area contributed by atoms with Crippen molar-refractivity contribution in [1.82, 2.24) is 14.3 Å². The minimum absolute atomic E-state index is 0.161. The molecule has 0 bridgehead atoms. The Bertz CT molecular complexity index is 400. The van der Waals surface area contributed by atoms with E-state index in [0.29, 0.717) is 19.0 Å². The molecule has 2 aliphatic heterocycles. The zero-order valence-electron chi connectivity index (χ0n) is 12.3. The van der Waals surface area contributed by atoms with Crippen LogP contribution in [-0.4, -0.2) is 72.6 Å². The van der Waals surface area contributed by atoms with Gasteiger partial charge in [0.2, 0.25) is 5.91 Å². The van der Waals surface area contributed by atoms with Crippen LogP contribution in [0.5, 0.6) is 0 Å². The lowest BCUT2D eigenvalue weighted by Gasteiger charge is -2.38. The first-order chi connectivity index (χ1) is 9.95. The van der Waals surface area contributed by atoms with Crippen molar-refractivity contribution in [2.24, 2.45) is 0 Å². The topological polar surface area (TPSA) is 93.6 Å². The normalized spacial score (nSPS) is 27.0. The van der Waals surface area contributed by atoms with E-state index in [9.17, 15) is 14.2 Å². The zero-order valence-corrected chi connectivity index (χ0v) is 13.2. The molecular weight excluding hydrogens is 298 g/mol. The van der Waals surface area contributed by atoms with Gasteiger partial charge in [0.05, 0.1) is 0 Å². The highest BCUT2D eigenvalue weighted by atomic mass is 32.2. The molecule has 0 radical (unpaired) electrons. The number of amides is 1. The molecule has 9 heteroatoms. The predicted octanol–water partition coefficient (Wildman–Crippen LogP) is 0.220. The van der Waals surface area contributed by atoms with Gasteiger partial charge in [0.1, 0.15) is 6.04 Å². The molecule has 8 nitrogen and oxygen atoms in total. The van der Waals surface area contributed by atoms with Gasteiger partial charge in [-0.3, -0.25) is 10.0 Å². The van der Waals surface area contributed by atoms with E-state index in [4.69, 9.17) is 5.26 Å². The highest BCUT2D eigenvalue weighted by Gasteiger charge is 2.42. The first-order valence-corrected chi connectivity index (χ1v) is 8.25. The van der Waals surface area contributed by atoms with Crippen LogP contribution in [0, 0.1) is 0 Å². The summed E-state index contributed by atoms with van der Waals surface area (Å²) >= 11 is -2.43.